The third-order valence-corrected chi connectivity index (χ3v) is 3.33. The molecule has 0 fully saturated rings. The number of aliphatic hydroxyl groups is 1. The summed E-state index contributed by atoms with van der Waals surface area (Å²) in [5, 5.41) is 10.2. The zero-order valence-electron chi connectivity index (χ0n) is 8.99. The van der Waals surface area contributed by atoms with Crippen molar-refractivity contribution in [2.45, 2.75) is 25.2 Å². The fourth-order valence-corrected chi connectivity index (χ4v) is 2.73. The lowest BCUT2D eigenvalue weighted by molar-refractivity contribution is -0.207. The van der Waals surface area contributed by atoms with Gasteiger partial charge in [-0.15, -0.1) is 11.3 Å². The molecule has 0 saturated heterocycles. The molecule has 0 aliphatic rings. The van der Waals surface area contributed by atoms with Gasteiger partial charge in [0, 0.05) is 25.5 Å². The molecule has 0 aliphatic heterocycles. The van der Waals surface area contributed by atoms with Crippen LogP contribution < -0.4 is 0 Å². The molecule has 0 saturated carbocycles. The van der Waals surface area contributed by atoms with Gasteiger partial charge in [-0.1, -0.05) is 11.6 Å². The van der Waals surface area contributed by atoms with Crippen molar-refractivity contribution in [3.63, 3.8) is 0 Å². The van der Waals surface area contributed by atoms with Gasteiger partial charge in [-0.2, -0.15) is 0 Å². The fraction of sp³-hybridized carbons (Fsp3) is 0.600. The van der Waals surface area contributed by atoms with Gasteiger partial charge in [0.15, 0.2) is 6.29 Å². The van der Waals surface area contributed by atoms with Gasteiger partial charge in [0.1, 0.15) is 5.60 Å². The topological polar surface area (TPSA) is 38.7 Å². The Bertz CT molecular complexity index is 307. The lowest BCUT2D eigenvalue weighted by Gasteiger charge is -2.30. The van der Waals surface area contributed by atoms with Crippen molar-refractivity contribution in [2.24, 2.45) is 0 Å². The first-order valence-electron chi connectivity index (χ1n) is 4.52. The number of hydrogen-bond acceptors (Lipinski definition) is 4. The minimum Gasteiger partial charge on any atom is -0.384 e. The average Bonchev–Trinajstić information content (AvgIpc) is 2.51. The average molecular weight is 251 g/mol. The molecule has 0 aromatic carbocycles. The Morgan fingerprint density at radius 2 is 2.07 bits per heavy atom. The number of rotatable bonds is 5. The van der Waals surface area contributed by atoms with E-state index in [4.69, 9.17) is 21.1 Å². The van der Waals surface area contributed by atoms with E-state index in [9.17, 15) is 5.11 Å². The van der Waals surface area contributed by atoms with E-state index in [1.54, 1.807) is 6.92 Å². The van der Waals surface area contributed by atoms with Gasteiger partial charge < -0.3 is 14.6 Å². The predicted molar refractivity (Wildman–Crippen MR) is 61.5 cm³/mol. The Labute approximate surface area is 98.6 Å². The molecule has 0 spiro atoms. The smallest absolute Gasteiger partial charge is 0.185 e. The molecule has 5 heteroatoms. The van der Waals surface area contributed by atoms with E-state index in [1.807, 2.05) is 12.1 Å². The summed E-state index contributed by atoms with van der Waals surface area (Å²) < 4.78 is 10.8. The molecule has 1 unspecified atom stereocenters. The SMILES string of the molecule is COC(OC)C(C)(O)Cc1ccc(Cl)s1. The number of ether oxygens (including phenoxy) is 2. The number of thiophene rings is 1. The van der Waals surface area contributed by atoms with E-state index < -0.39 is 11.9 Å². The minimum absolute atomic E-state index is 0.455. The van der Waals surface area contributed by atoms with Gasteiger partial charge in [-0.25, -0.2) is 0 Å². The first-order chi connectivity index (χ1) is 6.99. The molecular formula is C10H15ClO3S. The number of halogens is 1. The standard InChI is InChI=1S/C10H15ClO3S/c1-10(12,9(13-2)14-3)6-7-4-5-8(11)15-7/h4-5,9,12H,6H2,1-3H3. The third kappa shape index (κ3) is 3.43. The van der Waals surface area contributed by atoms with E-state index >= 15 is 0 Å². The monoisotopic (exact) mass is 250 g/mol. The van der Waals surface area contributed by atoms with Crippen LogP contribution in [-0.4, -0.2) is 31.2 Å². The van der Waals surface area contributed by atoms with E-state index in [0.29, 0.717) is 10.8 Å². The van der Waals surface area contributed by atoms with Crippen molar-refractivity contribution in [1.29, 1.82) is 0 Å². The maximum Gasteiger partial charge on any atom is 0.185 e. The van der Waals surface area contributed by atoms with Gasteiger partial charge >= 0.3 is 0 Å². The molecule has 1 rings (SSSR count). The van der Waals surface area contributed by atoms with Crippen molar-refractivity contribution >= 4 is 22.9 Å². The van der Waals surface area contributed by atoms with Crippen LogP contribution in [0.5, 0.6) is 0 Å². The molecule has 15 heavy (non-hydrogen) atoms. The first-order valence-corrected chi connectivity index (χ1v) is 5.71. The largest absolute Gasteiger partial charge is 0.384 e. The van der Waals surface area contributed by atoms with E-state index in [-0.39, 0.29) is 0 Å². The van der Waals surface area contributed by atoms with Gasteiger partial charge in [0.25, 0.3) is 0 Å². The van der Waals surface area contributed by atoms with Crippen molar-refractivity contribution < 1.29 is 14.6 Å². The summed E-state index contributed by atoms with van der Waals surface area (Å²) in [6.07, 6.45) is -0.185. The highest BCUT2D eigenvalue weighted by Gasteiger charge is 2.32. The molecule has 3 nitrogen and oxygen atoms in total. The summed E-state index contributed by atoms with van der Waals surface area (Å²) in [5.74, 6) is 0. The highest BCUT2D eigenvalue weighted by Crippen LogP contribution is 2.27. The van der Waals surface area contributed by atoms with Crippen molar-refractivity contribution in [2.75, 3.05) is 14.2 Å². The summed E-state index contributed by atoms with van der Waals surface area (Å²) in [4.78, 5) is 1.00. The van der Waals surface area contributed by atoms with Gasteiger partial charge in [-0.3, -0.25) is 0 Å². The molecule has 1 atom stereocenters. The quantitative estimate of drug-likeness (QED) is 0.816. The molecule has 0 bridgehead atoms. The molecular weight excluding hydrogens is 236 g/mol. The maximum absolute atomic E-state index is 10.2. The first kappa shape index (κ1) is 12.9. The normalized spacial score (nSPS) is 15.6. The van der Waals surface area contributed by atoms with Crippen LogP contribution in [0.2, 0.25) is 4.34 Å². The Kier molecular flexibility index (Phi) is 4.55. The molecule has 0 amide bonds. The molecule has 86 valence electrons. The van der Waals surface area contributed by atoms with Crippen LogP contribution in [-0.2, 0) is 15.9 Å². The highest BCUT2D eigenvalue weighted by atomic mass is 35.5. The van der Waals surface area contributed by atoms with E-state index in [1.165, 1.54) is 25.6 Å². The van der Waals surface area contributed by atoms with Crippen LogP contribution in [0.1, 0.15) is 11.8 Å². The van der Waals surface area contributed by atoms with E-state index in [0.717, 1.165) is 4.88 Å². The second kappa shape index (κ2) is 5.27. The van der Waals surface area contributed by atoms with Gasteiger partial charge in [0.05, 0.1) is 4.34 Å². The van der Waals surface area contributed by atoms with Crippen LogP contribution in [0.15, 0.2) is 12.1 Å². The van der Waals surface area contributed by atoms with Gasteiger partial charge in [-0.05, 0) is 19.1 Å². The Morgan fingerprint density at radius 1 is 1.47 bits per heavy atom. The van der Waals surface area contributed by atoms with E-state index in [2.05, 4.69) is 0 Å². The maximum atomic E-state index is 10.2. The molecule has 1 heterocycles. The van der Waals surface area contributed by atoms with Gasteiger partial charge in [0.2, 0.25) is 0 Å². The summed E-state index contributed by atoms with van der Waals surface area (Å²) in [7, 11) is 3.01. The fourth-order valence-electron chi connectivity index (χ4n) is 1.49. The summed E-state index contributed by atoms with van der Waals surface area (Å²) in [6.45, 7) is 1.68. The van der Waals surface area contributed by atoms with Crippen molar-refractivity contribution in [3.05, 3.63) is 21.3 Å². The molecule has 1 aromatic heterocycles. The van der Waals surface area contributed by atoms with Crippen LogP contribution in [0.4, 0.5) is 0 Å². The third-order valence-electron chi connectivity index (χ3n) is 2.10. The van der Waals surface area contributed by atoms with Crippen LogP contribution in [0, 0.1) is 0 Å². The number of methoxy groups -OCH3 is 2. The summed E-state index contributed by atoms with van der Waals surface area (Å²) >= 11 is 7.26. The highest BCUT2D eigenvalue weighted by molar-refractivity contribution is 7.16. The molecule has 1 N–H and O–H groups in total. The van der Waals surface area contributed by atoms with Crippen LogP contribution >= 0.6 is 22.9 Å². The second-order valence-electron chi connectivity index (χ2n) is 3.54. The van der Waals surface area contributed by atoms with Crippen LogP contribution in [0.25, 0.3) is 0 Å². The molecule has 0 aliphatic carbocycles. The van der Waals surface area contributed by atoms with Crippen LogP contribution in [0.3, 0.4) is 0 Å². The zero-order valence-corrected chi connectivity index (χ0v) is 10.6. The second-order valence-corrected chi connectivity index (χ2v) is 5.34. The minimum atomic E-state index is -1.06. The summed E-state index contributed by atoms with van der Waals surface area (Å²) in [5.41, 5.74) is -1.06. The Hall–Kier alpha value is -0.130. The molecule has 1 aromatic rings. The summed E-state index contributed by atoms with van der Waals surface area (Å²) in [6, 6.07) is 3.70. The van der Waals surface area contributed by atoms with Crippen molar-refractivity contribution in [1.82, 2.24) is 0 Å². The lowest BCUT2D eigenvalue weighted by atomic mass is 10.0. The number of hydrogen-bond donors (Lipinski definition) is 1. The lowest BCUT2D eigenvalue weighted by Crippen LogP contribution is -2.43. The Balaban J connectivity index is 2.70. The molecule has 0 radical (unpaired) electrons. The predicted octanol–water partition coefficient (Wildman–Crippen LogP) is 2.31. The zero-order chi connectivity index (χ0) is 11.5. The Morgan fingerprint density at radius 3 is 2.47 bits per heavy atom. The van der Waals surface area contributed by atoms with Crippen molar-refractivity contribution in [3.8, 4) is 0 Å².